The number of ether oxygens (including phenoxy) is 2. The normalized spacial score (nSPS) is 11.8. The van der Waals surface area contributed by atoms with Gasteiger partial charge in [0.15, 0.2) is 0 Å². The third-order valence-electron chi connectivity index (χ3n) is 2.63. The van der Waals surface area contributed by atoms with Gasteiger partial charge in [-0.2, -0.15) is 0 Å². The topological polar surface area (TPSA) is 84.9 Å². The van der Waals surface area contributed by atoms with Crippen LogP contribution < -0.4 is 10.1 Å². The van der Waals surface area contributed by atoms with Gasteiger partial charge < -0.3 is 0 Å². The number of methoxy groups -OCH3 is 1. The van der Waals surface area contributed by atoms with Gasteiger partial charge in [0, 0.05) is 0 Å². The van der Waals surface area contributed by atoms with Crippen LogP contribution in [-0.2, 0) is 35.7 Å². The van der Waals surface area contributed by atoms with Crippen LogP contribution in [0.4, 0.5) is 0 Å². The molecule has 105 valence electrons. The van der Waals surface area contributed by atoms with Crippen LogP contribution in [0.1, 0.15) is 10.4 Å². The van der Waals surface area contributed by atoms with Gasteiger partial charge in [-0.15, -0.1) is 0 Å². The number of para-hydroxylation sites is 1. The van der Waals surface area contributed by atoms with Gasteiger partial charge in [0.25, 0.3) is 0 Å². The average molecular weight is 467 g/mol. The quantitative estimate of drug-likeness (QED) is 0.555. The van der Waals surface area contributed by atoms with Crippen LogP contribution in [0, 0.1) is 0 Å². The van der Waals surface area contributed by atoms with Crippen molar-refractivity contribution in [3.05, 3.63) is 29.8 Å². The van der Waals surface area contributed by atoms with Crippen molar-refractivity contribution in [2.45, 2.75) is 10.0 Å². The van der Waals surface area contributed by atoms with Crippen LogP contribution >= 0.6 is 0 Å². The number of amides is 1. The molecule has 1 aromatic carbocycles. The molecule has 0 aliphatic heterocycles. The Labute approximate surface area is 133 Å². The summed E-state index contributed by atoms with van der Waals surface area (Å²) in [5.41, 5.74) is 0.321. The second-order valence-corrected chi connectivity index (χ2v) is 6.28. The number of hydrogen-bond donors (Lipinski definition) is 2. The molecule has 0 saturated heterocycles. The molecule has 0 unspecified atom stereocenters. The zero-order valence-electron chi connectivity index (χ0n) is 11.3. The van der Waals surface area contributed by atoms with Gasteiger partial charge in [0.05, 0.1) is 0 Å². The first kappa shape index (κ1) is 16.9. The van der Waals surface area contributed by atoms with E-state index >= 15 is 0 Å². The Morgan fingerprint density at radius 3 is 2.70 bits per heavy atom. The minimum atomic E-state index is -1.09. The van der Waals surface area contributed by atoms with Crippen molar-refractivity contribution in [1.82, 2.24) is 5.32 Å². The Hall–Kier alpha value is -1.14. The zero-order valence-corrected chi connectivity index (χ0v) is 16.8. The molecule has 7 heteroatoms. The van der Waals surface area contributed by atoms with E-state index in [1.54, 1.807) is 31.4 Å². The molecule has 1 atom stereocenters. The van der Waals surface area contributed by atoms with E-state index in [-0.39, 0.29) is 17.8 Å². The second kappa shape index (κ2) is 8.91. The monoisotopic (exact) mass is 468 g/mol. The fraction of sp³-hybridized carbons (Fsp3) is 0.385. The van der Waals surface area contributed by atoms with Crippen LogP contribution in [0.15, 0.2) is 24.3 Å². The number of carboxylic acids is 1. The summed E-state index contributed by atoms with van der Waals surface area (Å²) in [5, 5.41) is 11.4. The molecule has 0 radical (unpaired) electrons. The third kappa shape index (κ3) is 5.46. The summed E-state index contributed by atoms with van der Waals surface area (Å²) < 4.78 is 11.3. The second-order valence-electron chi connectivity index (χ2n) is 4.03. The molecule has 0 aliphatic carbocycles. The van der Waals surface area contributed by atoms with Crippen molar-refractivity contribution in [3.63, 3.8) is 0 Å². The molecule has 0 heterocycles. The molecule has 0 spiro atoms. The summed E-state index contributed by atoms with van der Waals surface area (Å²) in [7, 11) is 1.62. The molecule has 0 bridgehead atoms. The number of nitrogens with one attached hydrogen (secondary N) is 1. The van der Waals surface area contributed by atoms with E-state index < -0.39 is 12.6 Å². The number of carbonyl (C=O) groups excluding carboxylic acids is 1. The molecule has 6 nitrogen and oxygen atoms in total. The molecule has 2 N–H and O–H groups in total. The predicted molar refractivity (Wildman–Crippen MR) is 67.5 cm³/mol. The molecular formula is C13H16HgNO5. The summed E-state index contributed by atoms with van der Waals surface area (Å²) in [6.45, 7) is -0.0418. The van der Waals surface area contributed by atoms with Crippen LogP contribution in [0.5, 0.6) is 5.75 Å². The first-order valence-corrected chi connectivity index (χ1v) is 10.0. The van der Waals surface area contributed by atoms with Gasteiger partial charge in [-0.1, -0.05) is 0 Å². The molecule has 20 heavy (non-hydrogen) atoms. The Morgan fingerprint density at radius 1 is 1.40 bits per heavy atom. The molecule has 1 rings (SSSR count). The van der Waals surface area contributed by atoms with E-state index in [1.165, 1.54) is 0 Å². The third-order valence-corrected chi connectivity index (χ3v) is 5.13. The van der Waals surface area contributed by atoms with Crippen LogP contribution in [0.3, 0.4) is 0 Å². The SMILES string of the molecule is CO[C@@H]([CH2][Hg])CNC(=O)c1ccccc1OCC(=O)O. The maximum atomic E-state index is 12.1. The van der Waals surface area contributed by atoms with E-state index in [0.717, 1.165) is 3.93 Å². The van der Waals surface area contributed by atoms with Gasteiger partial charge in [0.2, 0.25) is 0 Å². The summed E-state index contributed by atoms with van der Waals surface area (Å²) in [4.78, 5) is 22.6. The fourth-order valence-electron chi connectivity index (χ4n) is 1.52. The van der Waals surface area contributed by atoms with Gasteiger partial charge in [-0.3, -0.25) is 0 Å². The molecule has 0 aliphatic rings. The molecular weight excluding hydrogens is 451 g/mol. The van der Waals surface area contributed by atoms with E-state index in [1.807, 2.05) is 0 Å². The summed E-state index contributed by atoms with van der Waals surface area (Å²) in [6, 6.07) is 6.55. The number of carboxylic acid groups (broad SMARTS) is 1. The van der Waals surface area contributed by atoms with Gasteiger partial charge in [0.1, 0.15) is 0 Å². The Bertz CT molecular complexity index is 462. The van der Waals surface area contributed by atoms with E-state index in [2.05, 4.69) is 5.32 Å². The maximum absolute atomic E-state index is 12.1. The number of carbonyl (C=O) groups is 2. The van der Waals surface area contributed by atoms with E-state index in [4.69, 9.17) is 14.6 Å². The molecule has 0 aromatic heterocycles. The summed E-state index contributed by atoms with van der Waals surface area (Å²) in [6.07, 6.45) is 0.0365. The van der Waals surface area contributed by atoms with Crippen molar-refractivity contribution < 1.29 is 50.3 Å². The van der Waals surface area contributed by atoms with E-state index in [9.17, 15) is 9.59 Å². The molecule has 0 fully saturated rings. The molecule has 0 saturated carbocycles. The van der Waals surface area contributed by atoms with Gasteiger partial charge in [-0.05, 0) is 0 Å². The predicted octanol–water partition coefficient (Wildman–Crippen LogP) is 0.860. The number of rotatable bonds is 8. The van der Waals surface area contributed by atoms with Crippen molar-refractivity contribution >= 4 is 11.9 Å². The van der Waals surface area contributed by atoms with Crippen molar-refractivity contribution in [2.75, 3.05) is 20.3 Å². The van der Waals surface area contributed by atoms with Crippen LogP contribution in [0.25, 0.3) is 0 Å². The Morgan fingerprint density at radius 2 is 2.10 bits per heavy atom. The molecule has 1 aromatic rings. The summed E-state index contributed by atoms with van der Waals surface area (Å²) in [5.74, 6) is -1.12. The minimum absolute atomic E-state index is 0.0365. The number of aliphatic carboxylic acids is 1. The molecule has 1 amide bonds. The van der Waals surface area contributed by atoms with E-state index in [0.29, 0.717) is 38.2 Å². The zero-order chi connectivity index (χ0) is 15.0. The number of benzene rings is 1. The first-order chi connectivity index (χ1) is 9.58. The van der Waals surface area contributed by atoms with Crippen LogP contribution in [0.2, 0.25) is 3.93 Å². The standard InChI is InChI=1S/C13H16NO5.Hg/c1-9(18-2)7-14-13(17)10-5-3-4-6-11(10)19-8-12(15)16;/h3-6,9H,1,7-8H2,2H3,(H,14,17)(H,15,16);/t9-;/m0./s1. The van der Waals surface area contributed by atoms with Crippen molar-refractivity contribution in [3.8, 4) is 5.75 Å². The average Bonchev–Trinajstić information content (AvgIpc) is 2.46. The Balaban J connectivity index is 2.69. The van der Waals surface area contributed by atoms with Gasteiger partial charge >= 0.3 is 133 Å². The van der Waals surface area contributed by atoms with Crippen molar-refractivity contribution in [1.29, 1.82) is 0 Å². The number of hydrogen-bond acceptors (Lipinski definition) is 4. The fourth-order valence-corrected chi connectivity index (χ4v) is 3.23. The van der Waals surface area contributed by atoms with Crippen molar-refractivity contribution in [2.24, 2.45) is 0 Å². The Kier molecular flexibility index (Phi) is 7.54. The van der Waals surface area contributed by atoms with Gasteiger partial charge in [-0.25, -0.2) is 0 Å². The van der Waals surface area contributed by atoms with Crippen LogP contribution in [-0.4, -0.2) is 43.3 Å². The first-order valence-electron chi connectivity index (χ1n) is 6.12. The summed E-state index contributed by atoms with van der Waals surface area (Å²) >= 11 is 0.605.